The molecule has 1 fully saturated rings. The summed E-state index contributed by atoms with van der Waals surface area (Å²) >= 11 is 0. The average molecular weight is 509 g/mol. The zero-order chi connectivity index (χ0) is 26.0. The van der Waals surface area contributed by atoms with E-state index in [2.05, 4.69) is 14.8 Å². The molecule has 1 aliphatic carbocycles. The maximum Gasteiger partial charge on any atom is 0.586 e. The summed E-state index contributed by atoms with van der Waals surface area (Å²) in [7, 11) is 0. The Morgan fingerprint density at radius 2 is 1.86 bits per heavy atom. The van der Waals surface area contributed by atoms with Crippen LogP contribution in [0.15, 0.2) is 36.4 Å². The summed E-state index contributed by atoms with van der Waals surface area (Å²) in [5.74, 6) is -1.19. The van der Waals surface area contributed by atoms with E-state index in [0.717, 1.165) is 5.69 Å². The molecule has 2 aromatic carbocycles. The van der Waals surface area contributed by atoms with Crippen LogP contribution >= 0.6 is 0 Å². The van der Waals surface area contributed by atoms with Gasteiger partial charge in [-0.25, -0.2) is 4.39 Å². The fraction of sp³-hybridized carbons (Fsp3) is 0.423. The Morgan fingerprint density at radius 3 is 2.50 bits per heavy atom. The number of benzene rings is 2. The van der Waals surface area contributed by atoms with Crippen molar-refractivity contribution in [2.45, 2.75) is 63.4 Å². The molecule has 196 valence electrons. The van der Waals surface area contributed by atoms with Gasteiger partial charge < -0.3 is 29.6 Å². The monoisotopic (exact) mass is 508 g/mol. The number of nitrogens with one attached hydrogen (secondary N) is 1. The number of aromatic nitrogens is 1. The number of rotatable bonds is 6. The molecule has 1 aliphatic heterocycles. The van der Waals surface area contributed by atoms with Gasteiger partial charge in [0.05, 0.1) is 30.2 Å². The van der Waals surface area contributed by atoms with E-state index < -0.39 is 30.2 Å². The molecular weight excluding hydrogens is 477 g/mol. The number of amides is 1. The highest BCUT2D eigenvalue weighted by Gasteiger charge is 2.52. The van der Waals surface area contributed by atoms with Crippen LogP contribution in [0.1, 0.15) is 47.7 Å². The van der Waals surface area contributed by atoms with E-state index in [1.54, 1.807) is 16.7 Å². The van der Waals surface area contributed by atoms with Crippen molar-refractivity contribution in [3.63, 3.8) is 0 Å². The van der Waals surface area contributed by atoms with Gasteiger partial charge in [-0.15, -0.1) is 8.78 Å². The SMILES string of the molecule is CC(C)(C)c1cc2cc(NC(=O)C3(c4ccc5c(c4)OC(F)(F)O5)CC3)cc(F)c2n1CC(O)CO.[HH].[HH]. The van der Waals surface area contributed by atoms with Gasteiger partial charge in [-0.05, 0) is 48.7 Å². The van der Waals surface area contributed by atoms with Crippen LogP contribution in [-0.4, -0.2) is 39.7 Å². The summed E-state index contributed by atoms with van der Waals surface area (Å²) in [6.45, 7) is 5.44. The normalized spacial score (nSPS) is 18.3. The van der Waals surface area contributed by atoms with Crippen molar-refractivity contribution in [1.29, 1.82) is 0 Å². The number of carbonyl (C=O) groups is 1. The van der Waals surface area contributed by atoms with Gasteiger partial charge in [0.15, 0.2) is 11.5 Å². The van der Waals surface area contributed by atoms with Crippen molar-refractivity contribution in [3.8, 4) is 11.5 Å². The van der Waals surface area contributed by atoms with E-state index in [0.29, 0.717) is 23.8 Å². The molecule has 0 saturated heterocycles. The number of carbonyl (C=O) groups excluding carboxylic acids is 1. The highest BCUT2D eigenvalue weighted by atomic mass is 19.3. The van der Waals surface area contributed by atoms with Crippen LogP contribution in [0.5, 0.6) is 11.5 Å². The first kappa shape index (κ1) is 24.5. The van der Waals surface area contributed by atoms with E-state index >= 15 is 4.39 Å². The fourth-order valence-electron chi connectivity index (χ4n) is 4.78. The lowest BCUT2D eigenvalue weighted by Gasteiger charge is -2.23. The Balaban J connectivity index is 0.00000200. The molecule has 5 rings (SSSR count). The Morgan fingerprint density at radius 1 is 1.17 bits per heavy atom. The number of anilines is 1. The molecule has 1 amide bonds. The number of fused-ring (bicyclic) bond motifs is 2. The van der Waals surface area contributed by atoms with Crippen LogP contribution in [0.4, 0.5) is 18.9 Å². The Labute approximate surface area is 208 Å². The van der Waals surface area contributed by atoms with Gasteiger partial charge in [0.25, 0.3) is 0 Å². The zero-order valence-electron chi connectivity index (χ0n) is 20.1. The van der Waals surface area contributed by atoms with Gasteiger partial charge in [0, 0.05) is 25.0 Å². The Bertz CT molecular complexity index is 1370. The smallest absolute Gasteiger partial charge is 0.395 e. The minimum absolute atomic E-state index is 0. The molecule has 2 heterocycles. The van der Waals surface area contributed by atoms with Crippen molar-refractivity contribution in [3.05, 3.63) is 53.5 Å². The summed E-state index contributed by atoms with van der Waals surface area (Å²) in [4.78, 5) is 13.3. The zero-order valence-corrected chi connectivity index (χ0v) is 20.1. The van der Waals surface area contributed by atoms with E-state index in [1.165, 1.54) is 18.2 Å². The second-order valence-electron chi connectivity index (χ2n) is 10.5. The topological polar surface area (TPSA) is 93.0 Å². The van der Waals surface area contributed by atoms with Gasteiger partial charge >= 0.3 is 6.29 Å². The molecule has 1 aromatic heterocycles. The van der Waals surface area contributed by atoms with Crippen LogP contribution in [0.2, 0.25) is 0 Å². The number of aliphatic hydroxyl groups excluding tert-OH is 2. The van der Waals surface area contributed by atoms with Crippen molar-refractivity contribution < 1.29 is 40.5 Å². The van der Waals surface area contributed by atoms with E-state index in [1.807, 2.05) is 26.8 Å². The highest BCUT2D eigenvalue weighted by Crippen LogP contribution is 2.52. The molecule has 1 atom stereocenters. The lowest BCUT2D eigenvalue weighted by atomic mass is 9.92. The van der Waals surface area contributed by atoms with Crippen LogP contribution < -0.4 is 14.8 Å². The number of nitrogens with zero attached hydrogens (tertiary/aromatic N) is 1. The molecule has 0 radical (unpaired) electrons. The minimum Gasteiger partial charge on any atom is -0.395 e. The molecule has 36 heavy (non-hydrogen) atoms. The van der Waals surface area contributed by atoms with E-state index in [4.69, 9.17) is 0 Å². The van der Waals surface area contributed by atoms with Gasteiger partial charge in [-0.2, -0.15) is 0 Å². The summed E-state index contributed by atoms with van der Waals surface area (Å²) in [6.07, 6.45) is -3.80. The third-order valence-electron chi connectivity index (χ3n) is 6.71. The average Bonchev–Trinajstić information content (AvgIpc) is 3.41. The Hall–Kier alpha value is -3.24. The second kappa shape index (κ2) is 8.14. The first-order valence-corrected chi connectivity index (χ1v) is 11.7. The van der Waals surface area contributed by atoms with Crippen LogP contribution in [0, 0.1) is 5.82 Å². The molecule has 0 spiro atoms. The maximum atomic E-state index is 15.4. The third-order valence-corrected chi connectivity index (χ3v) is 6.71. The number of hydrogen-bond donors (Lipinski definition) is 3. The molecule has 1 saturated carbocycles. The predicted molar refractivity (Wildman–Crippen MR) is 130 cm³/mol. The molecule has 3 N–H and O–H groups in total. The third kappa shape index (κ3) is 4.18. The van der Waals surface area contributed by atoms with Gasteiger partial charge in [0.2, 0.25) is 5.91 Å². The standard InChI is InChI=1S/C26H27F3N2O5.2H2/c1-24(2,3)21-9-14-8-16(11-18(27)22(14)31(21)12-17(33)13-32)30-23(34)25(6-7-25)15-4-5-19-20(10-15)36-26(28,29)35-19;;/h4-5,8-11,17,32-33H,6-7,12-13H2,1-3H3,(H,30,34);2*1H. The molecule has 7 nitrogen and oxygen atoms in total. The van der Waals surface area contributed by atoms with E-state index in [-0.39, 0.29) is 43.4 Å². The predicted octanol–water partition coefficient (Wildman–Crippen LogP) is 4.91. The first-order chi connectivity index (χ1) is 16.8. The second-order valence-corrected chi connectivity index (χ2v) is 10.5. The van der Waals surface area contributed by atoms with Gasteiger partial charge in [-0.3, -0.25) is 4.79 Å². The van der Waals surface area contributed by atoms with Crippen LogP contribution in [-0.2, 0) is 22.2 Å². The number of aliphatic hydroxyl groups is 2. The summed E-state index contributed by atoms with van der Waals surface area (Å²) in [5, 5.41) is 22.7. The van der Waals surface area contributed by atoms with Crippen molar-refractivity contribution in [2.24, 2.45) is 0 Å². The van der Waals surface area contributed by atoms with Gasteiger partial charge in [-0.1, -0.05) is 26.8 Å². The molecule has 3 aromatic rings. The summed E-state index contributed by atoms with van der Waals surface area (Å²) in [5.41, 5.74) is 0.490. The molecule has 2 aliphatic rings. The van der Waals surface area contributed by atoms with Crippen LogP contribution in [0.3, 0.4) is 0 Å². The molecule has 1 unspecified atom stereocenters. The number of alkyl halides is 2. The molecule has 10 heteroatoms. The maximum absolute atomic E-state index is 15.4. The summed E-state index contributed by atoms with van der Waals surface area (Å²) < 4.78 is 52.8. The number of halogens is 3. The minimum atomic E-state index is -3.75. The number of hydrogen-bond acceptors (Lipinski definition) is 5. The van der Waals surface area contributed by atoms with Crippen molar-refractivity contribution in [1.82, 2.24) is 4.57 Å². The quantitative estimate of drug-likeness (QED) is 0.440. The first-order valence-electron chi connectivity index (χ1n) is 11.7. The fourth-order valence-corrected chi connectivity index (χ4v) is 4.78. The Kier molecular flexibility index (Phi) is 5.53. The van der Waals surface area contributed by atoms with Crippen molar-refractivity contribution in [2.75, 3.05) is 11.9 Å². The largest absolute Gasteiger partial charge is 0.586 e. The lowest BCUT2D eigenvalue weighted by Crippen LogP contribution is -2.28. The molecule has 0 bridgehead atoms. The van der Waals surface area contributed by atoms with Crippen LogP contribution in [0.25, 0.3) is 10.9 Å². The van der Waals surface area contributed by atoms with Crippen molar-refractivity contribution >= 4 is 22.5 Å². The lowest BCUT2D eigenvalue weighted by molar-refractivity contribution is -0.286. The van der Waals surface area contributed by atoms with E-state index in [9.17, 15) is 23.8 Å². The molecular formula is C26H31F3N2O5. The number of ether oxygens (including phenoxy) is 2. The highest BCUT2D eigenvalue weighted by molar-refractivity contribution is 6.02. The van der Waals surface area contributed by atoms with Gasteiger partial charge in [0.1, 0.15) is 5.82 Å². The summed E-state index contributed by atoms with van der Waals surface area (Å²) in [6, 6.07) is 8.97.